The molecule has 1 amide bonds. The Morgan fingerprint density at radius 2 is 2.00 bits per heavy atom. The van der Waals surface area contributed by atoms with E-state index in [1.165, 1.54) is 18.4 Å². The first-order valence-electron chi connectivity index (χ1n) is 8.50. The fraction of sp³-hybridized carbons (Fsp3) is 0.632. The molecule has 22 heavy (non-hydrogen) atoms. The van der Waals surface area contributed by atoms with Gasteiger partial charge in [0.25, 0.3) is 0 Å². The van der Waals surface area contributed by atoms with E-state index in [1.54, 1.807) is 4.90 Å². The van der Waals surface area contributed by atoms with Gasteiger partial charge in [-0.25, -0.2) is 0 Å². The normalized spacial score (nSPS) is 18.0. The predicted octanol–water partition coefficient (Wildman–Crippen LogP) is 4.23. The van der Waals surface area contributed by atoms with Crippen LogP contribution in [0.4, 0.5) is 0 Å². The summed E-state index contributed by atoms with van der Waals surface area (Å²) in [5, 5.41) is 0. The molecular formula is C19H29NO2. The topological polar surface area (TPSA) is 29.5 Å². The molecule has 0 spiro atoms. The maximum Gasteiger partial charge on any atom is 0.225 e. The van der Waals surface area contributed by atoms with Crippen molar-refractivity contribution in [3.63, 3.8) is 0 Å². The number of amides is 1. The third-order valence-corrected chi connectivity index (χ3v) is 4.76. The van der Waals surface area contributed by atoms with Gasteiger partial charge in [-0.15, -0.1) is 0 Å². The Morgan fingerprint density at radius 3 is 2.59 bits per heavy atom. The number of nitrogens with zero attached hydrogens (tertiary/aromatic N) is 1. The number of rotatable bonds is 6. The first kappa shape index (κ1) is 16.9. The Kier molecular flexibility index (Phi) is 5.87. The van der Waals surface area contributed by atoms with Crippen LogP contribution in [-0.2, 0) is 4.79 Å². The van der Waals surface area contributed by atoms with E-state index in [0.717, 1.165) is 25.0 Å². The molecule has 0 bridgehead atoms. The smallest absolute Gasteiger partial charge is 0.225 e. The van der Waals surface area contributed by atoms with Crippen molar-refractivity contribution >= 4 is 5.91 Å². The van der Waals surface area contributed by atoms with Gasteiger partial charge in [0.15, 0.2) is 0 Å². The van der Waals surface area contributed by atoms with E-state index in [1.807, 2.05) is 27.1 Å². The molecule has 1 aliphatic rings. The molecule has 122 valence electrons. The molecule has 3 heteroatoms. The number of hydrogen-bond acceptors (Lipinski definition) is 2. The van der Waals surface area contributed by atoms with Gasteiger partial charge in [0.2, 0.25) is 5.91 Å². The minimum absolute atomic E-state index is 0.0123. The van der Waals surface area contributed by atoms with E-state index in [2.05, 4.69) is 25.1 Å². The van der Waals surface area contributed by atoms with Gasteiger partial charge < -0.3 is 9.64 Å². The zero-order valence-corrected chi connectivity index (χ0v) is 14.3. The largest absolute Gasteiger partial charge is 0.490 e. The highest BCUT2D eigenvalue weighted by atomic mass is 16.5. The molecule has 2 rings (SSSR count). The van der Waals surface area contributed by atoms with Crippen LogP contribution in [0.5, 0.6) is 5.75 Å². The number of ether oxygens (including phenoxy) is 1. The van der Waals surface area contributed by atoms with E-state index in [0.29, 0.717) is 6.10 Å². The van der Waals surface area contributed by atoms with Crippen LogP contribution < -0.4 is 4.74 Å². The van der Waals surface area contributed by atoms with Gasteiger partial charge in [0, 0.05) is 20.0 Å². The van der Waals surface area contributed by atoms with E-state index in [-0.39, 0.29) is 17.7 Å². The molecule has 0 heterocycles. The van der Waals surface area contributed by atoms with Crippen molar-refractivity contribution in [2.75, 3.05) is 14.1 Å². The molecule has 0 N–H and O–H groups in total. The second kappa shape index (κ2) is 7.66. The minimum Gasteiger partial charge on any atom is -0.490 e. The molecule has 3 nitrogen and oxygen atoms in total. The molecule has 1 aliphatic carbocycles. The summed E-state index contributed by atoms with van der Waals surface area (Å²) in [6, 6.07) is 8.34. The second-order valence-corrected chi connectivity index (χ2v) is 6.63. The number of benzene rings is 1. The van der Waals surface area contributed by atoms with Crippen molar-refractivity contribution in [1.82, 2.24) is 4.90 Å². The van der Waals surface area contributed by atoms with Crippen molar-refractivity contribution < 1.29 is 9.53 Å². The standard InChI is InChI=1S/C19H29NO2/c1-5-18(14(2)19(21)20(3)4)15-9-8-12-17(13-15)22-16-10-6-7-11-16/h8-9,12-14,16,18H,5-7,10-11H2,1-4H3/t14-,18-/m1/s1. The predicted molar refractivity (Wildman–Crippen MR) is 90.2 cm³/mol. The molecule has 0 unspecified atom stereocenters. The van der Waals surface area contributed by atoms with Crippen LogP contribution in [0.1, 0.15) is 57.4 Å². The van der Waals surface area contributed by atoms with Gasteiger partial charge in [-0.05, 0) is 55.7 Å². The monoisotopic (exact) mass is 303 g/mol. The number of carbonyl (C=O) groups excluding carboxylic acids is 1. The molecule has 1 aromatic carbocycles. The Labute approximate surface area is 134 Å². The fourth-order valence-corrected chi connectivity index (χ4v) is 3.47. The van der Waals surface area contributed by atoms with Crippen LogP contribution in [0, 0.1) is 5.92 Å². The summed E-state index contributed by atoms with van der Waals surface area (Å²) < 4.78 is 6.10. The van der Waals surface area contributed by atoms with Crippen LogP contribution in [0.15, 0.2) is 24.3 Å². The fourth-order valence-electron chi connectivity index (χ4n) is 3.47. The Balaban J connectivity index is 2.13. The van der Waals surface area contributed by atoms with Crippen molar-refractivity contribution in [2.24, 2.45) is 5.92 Å². The average molecular weight is 303 g/mol. The molecule has 0 aliphatic heterocycles. The molecule has 1 fully saturated rings. The highest BCUT2D eigenvalue weighted by Gasteiger charge is 2.26. The maximum atomic E-state index is 12.3. The third kappa shape index (κ3) is 4.02. The van der Waals surface area contributed by atoms with Gasteiger partial charge in [-0.1, -0.05) is 26.0 Å². The molecule has 0 radical (unpaired) electrons. The zero-order valence-electron chi connectivity index (χ0n) is 14.3. The van der Waals surface area contributed by atoms with E-state index < -0.39 is 0 Å². The van der Waals surface area contributed by atoms with E-state index >= 15 is 0 Å². The van der Waals surface area contributed by atoms with Gasteiger partial charge in [-0.3, -0.25) is 4.79 Å². The van der Waals surface area contributed by atoms with Gasteiger partial charge in [0.1, 0.15) is 5.75 Å². The molecule has 1 saturated carbocycles. The second-order valence-electron chi connectivity index (χ2n) is 6.63. The average Bonchev–Trinajstić information content (AvgIpc) is 3.00. The first-order chi connectivity index (χ1) is 10.5. The maximum absolute atomic E-state index is 12.3. The molecule has 2 atom stereocenters. The van der Waals surface area contributed by atoms with Crippen LogP contribution in [0.2, 0.25) is 0 Å². The molecule has 0 aromatic heterocycles. The lowest BCUT2D eigenvalue weighted by atomic mass is 9.84. The Morgan fingerprint density at radius 1 is 1.32 bits per heavy atom. The highest BCUT2D eigenvalue weighted by Crippen LogP contribution is 2.32. The summed E-state index contributed by atoms with van der Waals surface area (Å²) in [7, 11) is 3.65. The molecule has 0 saturated heterocycles. The van der Waals surface area contributed by atoms with Crippen LogP contribution in [0.3, 0.4) is 0 Å². The summed E-state index contributed by atoms with van der Waals surface area (Å²) in [5.41, 5.74) is 1.21. The van der Waals surface area contributed by atoms with Gasteiger partial charge in [-0.2, -0.15) is 0 Å². The van der Waals surface area contributed by atoms with Crippen molar-refractivity contribution in [3.05, 3.63) is 29.8 Å². The van der Waals surface area contributed by atoms with Crippen LogP contribution in [-0.4, -0.2) is 31.0 Å². The summed E-state index contributed by atoms with van der Waals surface area (Å²) in [4.78, 5) is 14.0. The highest BCUT2D eigenvalue weighted by molar-refractivity contribution is 5.79. The van der Waals surface area contributed by atoms with Gasteiger partial charge >= 0.3 is 0 Å². The lowest BCUT2D eigenvalue weighted by Crippen LogP contribution is -2.31. The number of hydrogen-bond donors (Lipinski definition) is 0. The Bertz CT molecular complexity index is 492. The minimum atomic E-state index is -0.0123. The SMILES string of the molecule is CC[C@@H](c1cccc(OC2CCCC2)c1)[C@@H](C)C(=O)N(C)C. The summed E-state index contributed by atoms with van der Waals surface area (Å²) in [6.45, 7) is 4.18. The summed E-state index contributed by atoms with van der Waals surface area (Å²) in [5.74, 6) is 1.37. The summed E-state index contributed by atoms with van der Waals surface area (Å²) >= 11 is 0. The van der Waals surface area contributed by atoms with Gasteiger partial charge in [0.05, 0.1) is 6.10 Å². The third-order valence-electron chi connectivity index (χ3n) is 4.76. The zero-order chi connectivity index (χ0) is 16.1. The van der Waals surface area contributed by atoms with Crippen molar-refractivity contribution in [1.29, 1.82) is 0 Å². The molecular weight excluding hydrogens is 274 g/mol. The van der Waals surface area contributed by atoms with Crippen LogP contribution >= 0.6 is 0 Å². The lowest BCUT2D eigenvalue weighted by Gasteiger charge is -2.25. The number of carbonyl (C=O) groups is 1. The lowest BCUT2D eigenvalue weighted by molar-refractivity contribution is -0.133. The van der Waals surface area contributed by atoms with Crippen LogP contribution in [0.25, 0.3) is 0 Å². The van der Waals surface area contributed by atoms with E-state index in [9.17, 15) is 4.79 Å². The van der Waals surface area contributed by atoms with Crippen molar-refractivity contribution in [2.45, 2.75) is 58.0 Å². The van der Waals surface area contributed by atoms with E-state index in [4.69, 9.17) is 4.74 Å². The molecule has 1 aromatic rings. The first-order valence-corrected chi connectivity index (χ1v) is 8.50. The Hall–Kier alpha value is -1.51. The quantitative estimate of drug-likeness (QED) is 0.787. The summed E-state index contributed by atoms with van der Waals surface area (Å²) in [6.07, 6.45) is 6.20. The van der Waals surface area contributed by atoms with Crippen molar-refractivity contribution in [3.8, 4) is 5.75 Å².